The van der Waals surface area contributed by atoms with E-state index in [-0.39, 0.29) is 36.2 Å². The average Bonchev–Trinajstić information content (AvgIpc) is 3.35. The van der Waals surface area contributed by atoms with Crippen LogP contribution in [-0.4, -0.2) is 81.5 Å². The second kappa shape index (κ2) is 11.5. The van der Waals surface area contributed by atoms with Gasteiger partial charge in [0.1, 0.15) is 6.10 Å². The Hall–Kier alpha value is -0.420. The van der Waals surface area contributed by atoms with E-state index in [0.29, 0.717) is 6.04 Å². The van der Waals surface area contributed by atoms with E-state index in [9.17, 15) is 0 Å². The largest absolute Gasteiger partial charge is 0.375 e. The van der Waals surface area contributed by atoms with E-state index in [2.05, 4.69) is 53.6 Å². The van der Waals surface area contributed by atoms with E-state index in [1.807, 2.05) is 0 Å². The van der Waals surface area contributed by atoms with Crippen molar-refractivity contribution in [3.63, 3.8) is 0 Å². The first-order valence-electron chi connectivity index (χ1n) is 9.65. The predicted octanol–water partition coefficient (Wildman–Crippen LogP) is 2.81. The zero-order chi connectivity index (χ0) is 18.4. The first-order chi connectivity index (χ1) is 12.7. The lowest BCUT2D eigenvalue weighted by atomic mass is 10.1. The molecule has 27 heavy (non-hydrogen) atoms. The minimum absolute atomic E-state index is 0. The van der Waals surface area contributed by atoms with Gasteiger partial charge in [-0.15, -0.1) is 35.3 Å². The predicted molar refractivity (Wildman–Crippen MR) is 122 cm³/mol. The zero-order valence-electron chi connectivity index (χ0n) is 16.6. The van der Waals surface area contributed by atoms with Crippen molar-refractivity contribution in [3.8, 4) is 0 Å². The molecule has 0 aliphatic carbocycles. The van der Waals surface area contributed by atoms with Gasteiger partial charge in [-0.1, -0.05) is 6.07 Å². The van der Waals surface area contributed by atoms with Crippen molar-refractivity contribution >= 4 is 41.3 Å². The Balaban J connectivity index is 0.00000261. The van der Waals surface area contributed by atoms with E-state index in [1.165, 1.54) is 4.88 Å². The molecule has 2 saturated heterocycles. The summed E-state index contributed by atoms with van der Waals surface area (Å²) in [6.07, 6.45) is 2.63. The molecule has 2 aliphatic rings. The van der Waals surface area contributed by atoms with Gasteiger partial charge in [-0.05, 0) is 45.3 Å². The summed E-state index contributed by atoms with van der Waals surface area (Å²) in [4.78, 5) is 10.9. The SMILES string of the molecule is CCNC(=NCC(c1cccs1)N(C)C)N1CCOC(C2CCCO2)C1.I. The van der Waals surface area contributed by atoms with Gasteiger partial charge >= 0.3 is 0 Å². The Morgan fingerprint density at radius 3 is 2.81 bits per heavy atom. The van der Waals surface area contributed by atoms with Crippen LogP contribution in [0.4, 0.5) is 0 Å². The maximum atomic E-state index is 5.99. The molecule has 6 nitrogen and oxygen atoms in total. The summed E-state index contributed by atoms with van der Waals surface area (Å²) in [5, 5.41) is 5.60. The van der Waals surface area contributed by atoms with Gasteiger partial charge < -0.3 is 24.6 Å². The smallest absolute Gasteiger partial charge is 0.194 e. The number of thiophene rings is 1. The van der Waals surface area contributed by atoms with Crippen molar-refractivity contribution < 1.29 is 9.47 Å². The number of ether oxygens (including phenoxy) is 2. The van der Waals surface area contributed by atoms with Gasteiger partial charge in [0.2, 0.25) is 0 Å². The van der Waals surface area contributed by atoms with E-state index >= 15 is 0 Å². The molecule has 0 saturated carbocycles. The number of nitrogens with zero attached hydrogens (tertiary/aromatic N) is 3. The summed E-state index contributed by atoms with van der Waals surface area (Å²) < 4.78 is 11.8. The van der Waals surface area contributed by atoms with Gasteiger partial charge in [0, 0.05) is 31.1 Å². The Bertz CT molecular complexity index is 564. The van der Waals surface area contributed by atoms with Crippen LogP contribution in [0.2, 0.25) is 0 Å². The highest BCUT2D eigenvalue weighted by Crippen LogP contribution is 2.24. The van der Waals surface area contributed by atoms with E-state index in [1.54, 1.807) is 11.3 Å². The molecule has 0 spiro atoms. The quantitative estimate of drug-likeness (QED) is 0.364. The fourth-order valence-electron chi connectivity index (χ4n) is 3.58. The van der Waals surface area contributed by atoms with Gasteiger partial charge in [-0.3, -0.25) is 4.99 Å². The first kappa shape index (κ1) is 22.9. The van der Waals surface area contributed by atoms with Crippen LogP contribution in [-0.2, 0) is 9.47 Å². The van der Waals surface area contributed by atoms with Crippen molar-refractivity contribution in [3.05, 3.63) is 22.4 Å². The summed E-state index contributed by atoms with van der Waals surface area (Å²) in [7, 11) is 4.24. The molecule has 0 radical (unpaired) electrons. The standard InChI is InChI=1S/C19H32N4O2S.HI/c1-4-20-19(21-13-15(22(2)3)18-8-6-12-26-18)23-9-11-25-17(14-23)16-7-5-10-24-16;/h6,8,12,15-17H,4-5,7,9-11,13-14H2,1-3H3,(H,20,21);1H. The Morgan fingerprint density at radius 2 is 2.19 bits per heavy atom. The highest BCUT2D eigenvalue weighted by molar-refractivity contribution is 14.0. The Morgan fingerprint density at radius 1 is 1.37 bits per heavy atom. The van der Waals surface area contributed by atoms with Crippen molar-refractivity contribution in [1.82, 2.24) is 15.1 Å². The third-order valence-corrected chi connectivity index (χ3v) is 5.99. The number of hydrogen-bond donors (Lipinski definition) is 1. The molecule has 2 aliphatic heterocycles. The maximum Gasteiger partial charge on any atom is 0.194 e. The molecular weight excluding hydrogens is 475 g/mol. The van der Waals surface area contributed by atoms with Crippen molar-refractivity contribution in [1.29, 1.82) is 0 Å². The van der Waals surface area contributed by atoms with Crippen molar-refractivity contribution in [2.75, 3.05) is 53.5 Å². The number of aliphatic imine (C=N–C) groups is 1. The molecule has 3 rings (SSSR count). The third-order valence-electron chi connectivity index (χ3n) is 5.02. The second-order valence-corrected chi connectivity index (χ2v) is 8.08. The number of rotatable bonds is 6. The summed E-state index contributed by atoms with van der Waals surface area (Å²) in [5.41, 5.74) is 0. The molecule has 3 heterocycles. The monoisotopic (exact) mass is 508 g/mol. The molecule has 0 amide bonds. The lowest BCUT2D eigenvalue weighted by Gasteiger charge is -2.37. The fourth-order valence-corrected chi connectivity index (χ4v) is 4.49. The average molecular weight is 508 g/mol. The highest BCUT2D eigenvalue weighted by Gasteiger charge is 2.32. The first-order valence-corrected chi connectivity index (χ1v) is 10.5. The zero-order valence-corrected chi connectivity index (χ0v) is 19.7. The van der Waals surface area contributed by atoms with Crippen LogP contribution in [0.25, 0.3) is 0 Å². The van der Waals surface area contributed by atoms with E-state index in [0.717, 1.165) is 58.2 Å². The van der Waals surface area contributed by atoms with Crippen molar-refractivity contribution in [2.24, 2.45) is 4.99 Å². The second-order valence-electron chi connectivity index (χ2n) is 7.10. The normalized spacial score (nSPS) is 24.7. The molecule has 8 heteroatoms. The van der Waals surface area contributed by atoms with Gasteiger partial charge in [0.25, 0.3) is 0 Å². The minimum Gasteiger partial charge on any atom is -0.375 e. The van der Waals surface area contributed by atoms with E-state index in [4.69, 9.17) is 14.5 Å². The minimum atomic E-state index is 0. The number of guanidine groups is 1. The lowest BCUT2D eigenvalue weighted by Crippen LogP contribution is -2.53. The van der Waals surface area contributed by atoms with Crippen LogP contribution in [0.5, 0.6) is 0 Å². The van der Waals surface area contributed by atoms with Crippen molar-refractivity contribution in [2.45, 2.75) is 38.0 Å². The summed E-state index contributed by atoms with van der Waals surface area (Å²) in [6.45, 7) is 7.06. The highest BCUT2D eigenvalue weighted by atomic mass is 127. The Labute approximate surface area is 184 Å². The molecule has 0 aromatic carbocycles. The molecule has 2 fully saturated rings. The molecular formula is C19H33IN4O2S. The number of likely N-dealkylation sites (N-methyl/N-ethyl adjacent to an activating group) is 1. The van der Waals surface area contributed by atoms with Crippen LogP contribution in [0.3, 0.4) is 0 Å². The van der Waals surface area contributed by atoms with Crippen LogP contribution in [0.15, 0.2) is 22.5 Å². The van der Waals surface area contributed by atoms with Crippen LogP contribution < -0.4 is 5.32 Å². The molecule has 3 atom stereocenters. The van der Waals surface area contributed by atoms with Gasteiger partial charge in [0.05, 0.1) is 25.3 Å². The van der Waals surface area contributed by atoms with Gasteiger partial charge in [0.15, 0.2) is 5.96 Å². The topological polar surface area (TPSA) is 49.3 Å². The molecule has 1 aromatic rings. The maximum absolute atomic E-state index is 5.99. The summed E-state index contributed by atoms with van der Waals surface area (Å²) >= 11 is 1.80. The summed E-state index contributed by atoms with van der Waals surface area (Å²) in [6, 6.07) is 4.61. The number of morpholine rings is 1. The molecule has 1 N–H and O–H groups in total. The van der Waals surface area contributed by atoms with Gasteiger partial charge in [-0.25, -0.2) is 0 Å². The molecule has 0 bridgehead atoms. The van der Waals surface area contributed by atoms with Crippen LogP contribution in [0, 0.1) is 0 Å². The molecule has 3 unspecified atom stereocenters. The molecule has 1 aromatic heterocycles. The lowest BCUT2D eigenvalue weighted by molar-refractivity contribution is -0.0817. The summed E-state index contributed by atoms with van der Waals surface area (Å²) in [5.74, 6) is 0.988. The fraction of sp³-hybridized carbons (Fsp3) is 0.737. The van der Waals surface area contributed by atoms with Crippen LogP contribution in [0.1, 0.15) is 30.7 Å². The number of halogens is 1. The molecule has 154 valence electrons. The Kier molecular flexibility index (Phi) is 9.78. The number of nitrogens with one attached hydrogen (secondary N) is 1. The number of hydrogen-bond acceptors (Lipinski definition) is 5. The van der Waals surface area contributed by atoms with E-state index < -0.39 is 0 Å². The third kappa shape index (κ3) is 6.28. The van der Waals surface area contributed by atoms with Gasteiger partial charge in [-0.2, -0.15) is 0 Å². The van der Waals surface area contributed by atoms with Crippen LogP contribution >= 0.6 is 35.3 Å².